The van der Waals surface area contributed by atoms with Gasteiger partial charge in [0.25, 0.3) is 0 Å². The predicted octanol–water partition coefficient (Wildman–Crippen LogP) is 3.41. The normalized spacial score (nSPS) is 11.5. The van der Waals surface area contributed by atoms with Gasteiger partial charge >= 0.3 is 0 Å². The van der Waals surface area contributed by atoms with Gasteiger partial charge in [-0.1, -0.05) is 37.3 Å². The first-order valence-corrected chi connectivity index (χ1v) is 10.5. The maximum Gasteiger partial charge on any atom is 0.242 e. The van der Waals surface area contributed by atoms with Gasteiger partial charge in [0.2, 0.25) is 15.9 Å². The van der Waals surface area contributed by atoms with Crippen molar-refractivity contribution in [2.75, 3.05) is 19.4 Å². The number of sulfonamides is 1. The van der Waals surface area contributed by atoms with E-state index in [1.54, 1.807) is 31.2 Å². The minimum absolute atomic E-state index is 0.0258. The Bertz CT molecular complexity index is 964. The summed E-state index contributed by atoms with van der Waals surface area (Å²) in [5.41, 5.74) is 2.71. The first-order chi connectivity index (χ1) is 13.1. The van der Waals surface area contributed by atoms with Crippen molar-refractivity contribution < 1.29 is 18.0 Å². The topological polar surface area (TPSA) is 83.5 Å². The van der Waals surface area contributed by atoms with E-state index in [2.05, 4.69) is 5.32 Å². The zero-order valence-corrected chi connectivity index (χ0v) is 17.5. The summed E-state index contributed by atoms with van der Waals surface area (Å²) in [5, 5.41) is 2.67. The van der Waals surface area contributed by atoms with E-state index in [0.717, 1.165) is 16.3 Å². The number of nitrogens with zero attached hydrogens (tertiary/aromatic N) is 1. The van der Waals surface area contributed by atoms with Crippen molar-refractivity contribution in [2.24, 2.45) is 0 Å². The maximum atomic E-state index is 12.4. The molecule has 1 N–H and O–H groups in total. The van der Waals surface area contributed by atoms with E-state index in [0.29, 0.717) is 16.8 Å². The van der Waals surface area contributed by atoms with E-state index in [1.165, 1.54) is 20.2 Å². The van der Waals surface area contributed by atoms with Crippen molar-refractivity contribution in [3.8, 4) is 0 Å². The molecule has 0 heterocycles. The zero-order valence-electron chi connectivity index (χ0n) is 16.7. The van der Waals surface area contributed by atoms with Crippen molar-refractivity contribution in [1.29, 1.82) is 0 Å². The molecule has 28 heavy (non-hydrogen) atoms. The van der Waals surface area contributed by atoms with Gasteiger partial charge < -0.3 is 5.32 Å². The molecule has 2 rings (SSSR count). The molecule has 0 saturated heterocycles. The van der Waals surface area contributed by atoms with E-state index in [1.807, 2.05) is 19.1 Å². The number of ketones is 1. The van der Waals surface area contributed by atoms with Crippen molar-refractivity contribution in [3.05, 3.63) is 59.2 Å². The average Bonchev–Trinajstić information content (AvgIpc) is 2.67. The van der Waals surface area contributed by atoms with E-state index in [4.69, 9.17) is 0 Å². The van der Waals surface area contributed by atoms with Crippen LogP contribution in [0.25, 0.3) is 0 Å². The van der Waals surface area contributed by atoms with Crippen LogP contribution in [0.2, 0.25) is 0 Å². The summed E-state index contributed by atoms with van der Waals surface area (Å²) < 4.78 is 25.9. The molecule has 0 saturated carbocycles. The fourth-order valence-corrected chi connectivity index (χ4v) is 3.82. The Morgan fingerprint density at radius 2 is 1.64 bits per heavy atom. The molecule has 0 aromatic heterocycles. The van der Waals surface area contributed by atoms with Gasteiger partial charge in [-0.15, -0.1) is 0 Å². The summed E-state index contributed by atoms with van der Waals surface area (Å²) >= 11 is 0. The summed E-state index contributed by atoms with van der Waals surface area (Å²) in [5.74, 6) is -0.437. The summed E-state index contributed by atoms with van der Waals surface area (Å²) in [6.45, 7) is 3.74. The number of carbonyl (C=O) groups is 2. The minimum atomic E-state index is -3.61. The molecule has 0 aliphatic carbocycles. The van der Waals surface area contributed by atoms with Crippen LogP contribution in [0, 0.1) is 6.92 Å². The van der Waals surface area contributed by atoms with Crippen molar-refractivity contribution in [3.63, 3.8) is 0 Å². The number of aryl methyl sites for hydroxylation is 2. The second-order valence-corrected chi connectivity index (χ2v) is 8.91. The lowest BCUT2D eigenvalue weighted by Gasteiger charge is -2.15. The highest BCUT2D eigenvalue weighted by atomic mass is 32.2. The lowest BCUT2D eigenvalue weighted by Crippen LogP contribution is -2.23. The number of rotatable bonds is 8. The Hall–Kier alpha value is -2.51. The molecule has 0 atom stereocenters. The second-order valence-electron chi connectivity index (χ2n) is 6.79. The van der Waals surface area contributed by atoms with Gasteiger partial charge in [-0.25, -0.2) is 12.7 Å². The van der Waals surface area contributed by atoms with E-state index in [-0.39, 0.29) is 29.4 Å². The Balaban J connectivity index is 2.02. The molecular formula is C21H26N2O4S. The fourth-order valence-electron chi connectivity index (χ4n) is 2.67. The Kier molecular flexibility index (Phi) is 7.10. The highest BCUT2D eigenvalue weighted by Crippen LogP contribution is 2.22. The van der Waals surface area contributed by atoms with Crippen molar-refractivity contribution in [1.82, 2.24) is 4.31 Å². The quantitative estimate of drug-likeness (QED) is 0.686. The third-order valence-corrected chi connectivity index (χ3v) is 6.45. The largest absolute Gasteiger partial charge is 0.326 e. The molecule has 0 unspecified atom stereocenters. The highest BCUT2D eigenvalue weighted by molar-refractivity contribution is 7.89. The predicted molar refractivity (Wildman–Crippen MR) is 110 cm³/mol. The summed E-state index contributed by atoms with van der Waals surface area (Å²) in [6, 6.07) is 12.1. The number of amides is 1. The first-order valence-electron chi connectivity index (χ1n) is 9.10. The molecule has 2 aromatic rings. The van der Waals surface area contributed by atoms with Gasteiger partial charge in [0.15, 0.2) is 5.78 Å². The maximum absolute atomic E-state index is 12.4. The van der Waals surface area contributed by atoms with Crippen molar-refractivity contribution >= 4 is 27.4 Å². The SMILES string of the molecule is CCc1ccc(C(=O)CCC(=O)Nc2ccc(C)c(S(=O)(=O)N(C)C)c2)cc1. The molecule has 0 radical (unpaired) electrons. The third kappa shape index (κ3) is 5.27. The summed E-state index contributed by atoms with van der Waals surface area (Å²) in [7, 11) is -0.691. The van der Waals surface area contributed by atoms with Crippen LogP contribution in [0.3, 0.4) is 0 Å². The molecule has 1 amide bonds. The lowest BCUT2D eigenvalue weighted by molar-refractivity contribution is -0.116. The highest BCUT2D eigenvalue weighted by Gasteiger charge is 2.20. The second kappa shape index (κ2) is 9.12. The molecule has 2 aromatic carbocycles. The lowest BCUT2D eigenvalue weighted by atomic mass is 10.0. The summed E-state index contributed by atoms with van der Waals surface area (Å²) in [6.07, 6.45) is 1.02. The Morgan fingerprint density at radius 1 is 1.00 bits per heavy atom. The van der Waals surface area contributed by atoms with Gasteiger partial charge in [0.05, 0.1) is 4.90 Å². The fraction of sp³-hybridized carbons (Fsp3) is 0.333. The molecular weight excluding hydrogens is 376 g/mol. The van der Waals surface area contributed by atoms with Gasteiger partial charge in [-0.05, 0) is 36.6 Å². The van der Waals surface area contributed by atoms with Crippen LogP contribution in [-0.2, 0) is 21.2 Å². The number of hydrogen-bond acceptors (Lipinski definition) is 4. The Labute approximate surface area is 166 Å². The van der Waals surface area contributed by atoms with Crippen LogP contribution in [0.5, 0.6) is 0 Å². The molecule has 150 valence electrons. The van der Waals surface area contributed by atoms with Crippen LogP contribution in [-0.4, -0.2) is 38.5 Å². The first kappa shape index (κ1) is 21.8. The molecule has 0 bridgehead atoms. The average molecular weight is 403 g/mol. The monoisotopic (exact) mass is 402 g/mol. The molecule has 6 nitrogen and oxygen atoms in total. The van der Waals surface area contributed by atoms with E-state index in [9.17, 15) is 18.0 Å². The molecule has 0 spiro atoms. The standard InChI is InChI=1S/C21H26N2O4S/c1-5-16-7-9-17(10-8-16)19(24)12-13-21(25)22-18-11-6-15(2)20(14-18)28(26,27)23(3)4/h6-11,14H,5,12-13H2,1-4H3,(H,22,25). The number of carbonyl (C=O) groups excluding carboxylic acids is 2. The zero-order chi connectivity index (χ0) is 20.9. The minimum Gasteiger partial charge on any atom is -0.326 e. The van der Waals surface area contributed by atoms with Gasteiger partial charge in [0.1, 0.15) is 0 Å². The Morgan fingerprint density at radius 3 is 2.21 bits per heavy atom. The molecule has 0 aliphatic rings. The van der Waals surface area contributed by atoms with Crippen LogP contribution < -0.4 is 5.32 Å². The number of hydrogen-bond donors (Lipinski definition) is 1. The summed E-state index contributed by atoms with van der Waals surface area (Å²) in [4.78, 5) is 24.6. The smallest absolute Gasteiger partial charge is 0.242 e. The van der Waals surface area contributed by atoms with Gasteiger partial charge in [-0.3, -0.25) is 9.59 Å². The molecule has 0 fully saturated rings. The number of benzene rings is 2. The van der Waals surface area contributed by atoms with E-state index < -0.39 is 10.0 Å². The van der Waals surface area contributed by atoms with Crippen LogP contribution in [0.15, 0.2) is 47.4 Å². The van der Waals surface area contributed by atoms with Gasteiger partial charge in [0, 0.05) is 38.2 Å². The number of Topliss-reactive ketones (excluding diaryl/α,β-unsaturated/α-hetero) is 1. The van der Waals surface area contributed by atoms with Crippen LogP contribution in [0.4, 0.5) is 5.69 Å². The van der Waals surface area contributed by atoms with Crippen LogP contribution in [0.1, 0.15) is 41.3 Å². The number of nitrogens with one attached hydrogen (secondary N) is 1. The molecule has 0 aliphatic heterocycles. The molecule has 7 heteroatoms. The number of anilines is 1. The van der Waals surface area contributed by atoms with Crippen molar-refractivity contribution in [2.45, 2.75) is 38.0 Å². The van der Waals surface area contributed by atoms with E-state index >= 15 is 0 Å². The van der Waals surface area contributed by atoms with Gasteiger partial charge in [-0.2, -0.15) is 0 Å². The third-order valence-electron chi connectivity index (χ3n) is 4.49. The van der Waals surface area contributed by atoms with Crippen LogP contribution >= 0.6 is 0 Å².